The van der Waals surface area contributed by atoms with E-state index in [1.807, 2.05) is 11.8 Å². The van der Waals surface area contributed by atoms with Crippen LogP contribution in [0.25, 0.3) is 21.9 Å². The molecule has 5 nitrogen and oxygen atoms in total. The van der Waals surface area contributed by atoms with Crippen molar-refractivity contribution in [2.45, 2.75) is 9.79 Å². The van der Waals surface area contributed by atoms with Crippen molar-refractivity contribution in [2.24, 2.45) is 0 Å². The Hall–Kier alpha value is -8.32. The van der Waals surface area contributed by atoms with Crippen LogP contribution in [0.2, 0.25) is 0 Å². The van der Waals surface area contributed by atoms with Gasteiger partial charge in [0.15, 0.2) is 0 Å². The van der Waals surface area contributed by atoms with E-state index in [2.05, 4.69) is 239 Å². The first-order valence-corrected chi connectivity index (χ1v) is 24.0. The SMILES string of the molecule is c1ccc(N(c2ccccc2)c2cc3c4c(c2)N(c2ccccc2)c2cc5c(cc2B4c2ccccc2S3)B2c3ccccc3Oc3cc4oc6ccccc6c4c(c32)N5c2ccccc2)cc1. The largest absolute Gasteiger partial charge is 0.458 e. The van der Waals surface area contributed by atoms with E-state index in [-0.39, 0.29) is 13.4 Å². The molecule has 10 aromatic carbocycles. The van der Waals surface area contributed by atoms with Crippen LogP contribution < -0.4 is 52.2 Å². The third kappa shape index (κ3) is 5.43. The van der Waals surface area contributed by atoms with E-state index < -0.39 is 0 Å². The van der Waals surface area contributed by atoms with Crippen molar-refractivity contribution in [3.8, 4) is 11.5 Å². The molecule has 0 amide bonds. The molecule has 0 atom stereocenters. The Kier molecular flexibility index (Phi) is 8.12. The van der Waals surface area contributed by atoms with Gasteiger partial charge in [0.1, 0.15) is 22.7 Å². The first-order chi connectivity index (χ1) is 33.7. The van der Waals surface area contributed by atoms with Crippen LogP contribution >= 0.6 is 11.8 Å². The van der Waals surface area contributed by atoms with Crippen LogP contribution in [0.1, 0.15) is 0 Å². The molecule has 68 heavy (non-hydrogen) atoms. The summed E-state index contributed by atoms with van der Waals surface area (Å²) in [6.07, 6.45) is 0. The second kappa shape index (κ2) is 14.6. The zero-order valence-corrected chi connectivity index (χ0v) is 37.4. The number of rotatable bonds is 5. The summed E-state index contributed by atoms with van der Waals surface area (Å²) in [6.45, 7) is -0.148. The summed E-state index contributed by atoms with van der Waals surface area (Å²) in [7, 11) is 0. The predicted octanol–water partition coefficient (Wildman–Crippen LogP) is 12.2. The Balaban J connectivity index is 1.07. The summed E-state index contributed by atoms with van der Waals surface area (Å²) in [5.41, 5.74) is 19.2. The fourth-order valence-electron chi connectivity index (χ4n) is 11.6. The summed E-state index contributed by atoms with van der Waals surface area (Å²) in [6, 6.07) is 81.4. The summed E-state index contributed by atoms with van der Waals surface area (Å²) >= 11 is 1.88. The zero-order valence-electron chi connectivity index (χ0n) is 36.6. The monoisotopic (exact) mass is 885 g/mol. The number of hydrogen-bond donors (Lipinski definition) is 0. The molecule has 0 N–H and O–H groups in total. The second-order valence-corrected chi connectivity index (χ2v) is 19.0. The predicted molar refractivity (Wildman–Crippen MR) is 284 cm³/mol. The Morgan fingerprint density at radius 2 is 0.985 bits per heavy atom. The van der Waals surface area contributed by atoms with Gasteiger partial charge in [0.2, 0.25) is 6.71 Å². The van der Waals surface area contributed by atoms with Gasteiger partial charge >= 0.3 is 0 Å². The number of furan rings is 1. The highest BCUT2D eigenvalue weighted by molar-refractivity contribution is 8.00. The molecule has 4 aliphatic rings. The molecule has 8 heteroatoms. The van der Waals surface area contributed by atoms with Crippen LogP contribution in [-0.4, -0.2) is 13.4 Å². The molecule has 0 saturated carbocycles. The van der Waals surface area contributed by atoms with Crippen molar-refractivity contribution in [1.29, 1.82) is 0 Å². The van der Waals surface area contributed by atoms with Gasteiger partial charge in [-0.2, -0.15) is 0 Å². The third-order valence-electron chi connectivity index (χ3n) is 14.3. The smallest absolute Gasteiger partial charge is 0.256 e. The molecule has 5 heterocycles. The maximum atomic E-state index is 6.97. The van der Waals surface area contributed by atoms with Crippen molar-refractivity contribution in [3.63, 3.8) is 0 Å². The molecule has 0 spiro atoms. The van der Waals surface area contributed by atoms with E-state index in [4.69, 9.17) is 9.15 Å². The van der Waals surface area contributed by atoms with E-state index in [1.54, 1.807) is 0 Å². The van der Waals surface area contributed by atoms with Crippen LogP contribution in [0.15, 0.2) is 239 Å². The number of ether oxygens (including phenoxy) is 1. The molecule has 4 aliphatic heterocycles. The summed E-state index contributed by atoms with van der Waals surface area (Å²) in [4.78, 5) is 9.95. The summed E-state index contributed by atoms with van der Waals surface area (Å²) in [5.74, 6) is 1.70. The van der Waals surface area contributed by atoms with Crippen molar-refractivity contribution < 1.29 is 9.15 Å². The zero-order chi connectivity index (χ0) is 44.5. The average molecular weight is 886 g/mol. The van der Waals surface area contributed by atoms with Crippen molar-refractivity contribution in [3.05, 3.63) is 224 Å². The molecule has 0 saturated heterocycles. The van der Waals surface area contributed by atoms with Gasteiger partial charge in [0.25, 0.3) is 6.71 Å². The van der Waals surface area contributed by atoms with Crippen LogP contribution in [0.4, 0.5) is 51.2 Å². The van der Waals surface area contributed by atoms with Gasteiger partial charge in [-0.1, -0.05) is 151 Å². The van der Waals surface area contributed by atoms with Gasteiger partial charge in [-0.05, 0) is 112 Å². The second-order valence-electron chi connectivity index (χ2n) is 17.9. The lowest BCUT2D eigenvalue weighted by molar-refractivity contribution is 0.487. The van der Waals surface area contributed by atoms with E-state index in [9.17, 15) is 0 Å². The topological polar surface area (TPSA) is 32.1 Å². The fraction of sp³-hybridized carbons (Fsp3) is 0. The molecule has 11 aromatic rings. The number of hydrogen-bond acceptors (Lipinski definition) is 6. The van der Waals surface area contributed by atoms with Gasteiger partial charge < -0.3 is 23.9 Å². The standard InChI is InChI=1S/C60H37B2N3O2S/c1-5-19-38(20-6-1)63(39-21-7-2-8-22-39)42-33-50-58-56(34-42)68-55-32-18-15-29-45(55)62(58)46-35-47-49(36-48(46)64(50)40-23-9-3-10-24-40)65(41-25-11-4-12-26-41)60-57-43-27-13-16-30-51(43)66-53(57)37-54-59(60)61(47)44-28-14-17-31-52(44)67-54/h1-37H. The Labute approximate surface area is 398 Å². The van der Waals surface area contributed by atoms with Crippen LogP contribution in [0, 0.1) is 0 Å². The average Bonchev–Trinajstić information content (AvgIpc) is 3.77. The Morgan fingerprint density at radius 1 is 0.397 bits per heavy atom. The number of anilines is 9. The Bertz CT molecular complexity index is 3810. The van der Waals surface area contributed by atoms with E-state index in [0.29, 0.717) is 0 Å². The molecule has 316 valence electrons. The fourth-order valence-corrected chi connectivity index (χ4v) is 12.8. The molecular weight excluding hydrogens is 848 g/mol. The highest BCUT2D eigenvalue weighted by atomic mass is 32.2. The highest BCUT2D eigenvalue weighted by Gasteiger charge is 2.47. The lowest BCUT2D eigenvalue weighted by atomic mass is 9.31. The lowest BCUT2D eigenvalue weighted by Gasteiger charge is -2.44. The number of para-hydroxylation sites is 6. The molecule has 1 aromatic heterocycles. The normalized spacial score (nSPS) is 13.5. The minimum atomic E-state index is -0.116. The quantitative estimate of drug-likeness (QED) is 0.160. The highest BCUT2D eigenvalue weighted by Crippen LogP contribution is 2.51. The first kappa shape index (κ1) is 37.9. The molecule has 0 bridgehead atoms. The summed E-state index contributed by atoms with van der Waals surface area (Å²) in [5, 5.41) is 2.16. The summed E-state index contributed by atoms with van der Waals surface area (Å²) < 4.78 is 13.7. The molecule has 15 rings (SSSR count). The molecule has 0 radical (unpaired) electrons. The van der Waals surface area contributed by atoms with Gasteiger partial charge in [-0.25, -0.2) is 0 Å². The minimum Gasteiger partial charge on any atom is -0.458 e. The van der Waals surface area contributed by atoms with Gasteiger partial charge in [-0.3, -0.25) is 0 Å². The van der Waals surface area contributed by atoms with E-state index in [1.165, 1.54) is 37.3 Å². The van der Waals surface area contributed by atoms with Crippen LogP contribution in [-0.2, 0) is 0 Å². The van der Waals surface area contributed by atoms with Crippen LogP contribution in [0.3, 0.4) is 0 Å². The first-order valence-electron chi connectivity index (χ1n) is 23.2. The minimum absolute atomic E-state index is 0.0323. The van der Waals surface area contributed by atoms with Crippen molar-refractivity contribution in [1.82, 2.24) is 0 Å². The molecule has 0 aliphatic carbocycles. The molecule has 0 fully saturated rings. The van der Waals surface area contributed by atoms with Crippen molar-refractivity contribution in [2.75, 3.05) is 14.7 Å². The number of benzene rings is 10. The van der Waals surface area contributed by atoms with Gasteiger partial charge in [0.05, 0.1) is 11.1 Å². The maximum absolute atomic E-state index is 6.97. The van der Waals surface area contributed by atoms with Gasteiger partial charge in [-0.15, -0.1) is 0 Å². The third-order valence-corrected chi connectivity index (χ3v) is 15.4. The van der Waals surface area contributed by atoms with Crippen LogP contribution in [0.5, 0.6) is 11.5 Å². The number of nitrogens with zero attached hydrogens (tertiary/aromatic N) is 3. The lowest BCUT2D eigenvalue weighted by Crippen LogP contribution is -2.64. The molecule has 0 unspecified atom stereocenters. The maximum Gasteiger partial charge on any atom is 0.256 e. The van der Waals surface area contributed by atoms with E-state index in [0.717, 1.165) is 89.9 Å². The number of fused-ring (bicyclic) bond motifs is 12. The Morgan fingerprint density at radius 3 is 1.72 bits per heavy atom. The van der Waals surface area contributed by atoms with E-state index >= 15 is 0 Å². The van der Waals surface area contributed by atoms with Gasteiger partial charge in [0, 0.05) is 66.7 Å². The van der Waals surface area contributed by atoms with Crippen molar-refractivity contribution >= 4 is 131 Å². The molecular formula is C60H37B2N3O2S.